The number of halogens is 4. The molecule has 34 heavy (non-hydrogen) atoms. The Labute approximate surface area is 204 Å². The number of nitrogens with one attached hydrogen (secondary N) is 1. The van der Waals surface area contributed by atoms with Crippen LogP contribution in [0.3, 0.4) is 0 Å². The van der Waals surface area contributed by atoms with Crippen LogP contribution in [-0.2, 0) is 22.3 Å². The molecule has 1 N–H and O–H groups in total. The molecule has 0 saturated carbocycles. The molecular formula is C22H23ClF3N5O2S. The minimum absolute atomic E-state index is 0.00447. The van der Waals surface area contributed by atoms with E-state index in [0.29, 0.717) is 37.2 Å². The Morgan fingerprint density at radius 2 is 1.97 bits per heavy atom. The van der Waals surface area contributed by atoms with Gasteiger partial charge in [-0.05, 0) is 50.6 Å². The van der Waals surface area contributed by atoms with Crippen LogP contribution < -0.4 is 5.32 Å². The molecule has 0 fully saturated rings. The van der Waals surface area contributed by atoms with Crippen LogP contribution in [0.15, 0.2) is 47.9 Å². The van der Waals surface area contributed by atoms with Gasteiger partial charge in [0, 0.05) is 43.4 Å². The van der Waals surface area contributed by atoms with E-state index in [0.717, 1.165) is 29.5 Å². The summed E-state index contributed by atoms with van der Waals surface area (Å²) in [7, 11) is 0. The first-order valence-corrected chi connectivity index (χ1v) is 11.7. The molecule has 2 aromatic heterocycles. The molecule has 0 bridgehead atoms. The van der Waals surface area contributed by atoms with Crippen molar-refractivity contribution in [1.29, 1.82) is 0 Å². The number of alkyl halides is 3. The SMILES string of the molecule is CCOCCCn1c(S[C@H](C)C(=O)Nc2ccc(Cl)c(C(F)(F)F)c2)nnc1-c1ccncc1. The number of thioether (sulfide) groups is 1. The minimum atomic E-state index is -4.63. The molecule has 0 spiro atoms. The van der Waals surface area contributed by atoms with Gasteiger partial charge in [-0.3, -0.25) is 9.78 Å². The lowest BCUT2D eigenvalue weighted by Gasteiger charge is -2.15. The van der Waals surface area contributed by atoms with E-state index in [4.69, 9.17) is 16.3 Å². The van der Waals surface area contributed by atoms with E-state index >= 15 is 0 Å². The summed E-state index contributed by atoms with van der Waals surface area (Å²) < 4.78 is 46.7. The van der Waals surface area contributed by atoms with Crippen molar-refractivity contribution in [3.63, 3.8) is 0 Å². The van der Waals surface area contributed by atoms with Crippen molar-refractivity contribution >= 4 is 35.0 Å². The summed E-state index contributed by atoms with van der Waals surface area (Å²) in [5.74, 6) is 0.149. The predicted octanol–water partition coefficient (Wildman–Crippen LogP) is 5.56. The van der Waals surface area contributed by atoms with Crippen LogP contribution in [0.5, 0.6) is 0 Å². The zero-order chi connectivity index (χ0) is 24.7. The Kier molecular flexibility index (Phi) is 8.92. The summed E-state index contributed by atoms with van der Waals surface area (Å²) in [6, 6.07) is 6.87. The molecule has 7 nitrogen and oxygen atoms in total. The largest absolute Gasteiger partial charge is 0.417 e. The number of carbonyl (C=O) groups is 1. The third-order valence-electron chi connectivity index (χ3n) is 4.72. The number of anilines is 1. The Bertz CT molecular complexity index is 1110. The molecule has 3 rings (SSSR count). The summed E-state index contributed by atoms with van der Waals surface area (Å²) >= 11 is 6.81. The lowest BCUT2D eigenvalue weighted by Crippen LogP contribution is -2.23. The molecule has 182 valence electrons. The average Bonchev–Trinajstić information content (AvgIpc) is 3.20. The molecule has 0 saturated heterocycles. The van der Waals surface area contributed by atoms with Gasteiger partial charge in [-0.25, -0.2) is 0 Å². The normalized spacial score (nSPS) is 12.5. The van der Waals surface area contributed by atoms with Gasteiger partial charge in [0.05, 0.1) is 15.8 Å². The molecule has 1 atom stereocenters. The highest BCUT2D eigenvalue weighted by atomic mass is 35.5. The molecule has 0 aliphatic heterocycles. The first-order valence-electron chi connectivity index (χ1n) is 10.5. The molecule has 2 heterocycles. The highest BCUT2D eigenvalue weighted by molar-refractivity contribution is 8.00. The van der Waals surface area contributed by atoms with Crippen molar-refractivity contribution in [3.8, 4) is 11.4 Å². The van der Waals surface area contributed by atoms with Gasteiger partial charge in [-0.15, -0.1) is 10.2 Å². The molecule has 3 aromatic rings. The van der Waals surface area contributed by atoms with Crippen LogP contribution in [0.25, 0.3) is 11.4 Å². The van der Waals surface area contributed by atoms with E-state index in [2.05, 4.69) is 20.5 Å². The molecule has 12 heteroatoms. The van der Waals surface area contributed by atoms with Crippen molar-refractivity contribution < 1.29 is 22.7 Å². The Morgan fingerprint density at radius 1 is 1.24 bits per heavy atom. The lowest BCUT2D eigenvalue weighted by atomic mass is 10.2. The van der Waals surface area contributed by atoms with E-state index < -0.39 is 27.9 Å². The van der Waals surface area contributed by atoms with Crippen molar-refractivity contribution in [1.82, 2.24) is 19.7 Å². The summed E-state index contributed by atoms with van der Waals surface area (Å²) in [6.07, 6.45) is -0.611. The lowest BCUT2D eigenvalue weighted by molar-refractivity contribution is -0.137. The van der Waals surface area contributed by atoms with Gasteiger partial charge >= 0.3 is 6.18 Å². The second kappa shape index (κ2) is 11.7. The predicted molar refractivity (Wildman–Crippen MR) is 125 cm³/mol. The maximum absolute atomic E-state index is 13.1. The van der Waals surface area contributed by atoms with E-state index in [9.17, 15) is 18.0 Å². The minimum Gasteiger partial charge on any atom is -0.382 e. The maximum atomic E-state index is 13.1. The summed E-state index contributed by atoms with van der Waals surface area (Å²) in [5.41, 5.74) is -0.183. The molecule has 0 aliphatic rings. The smallest absolute Gasteiger partial charge is 0.382 e. The third kappa shape index (κ3) is 6.71. The topological polar surface area (TPSA) is 81.9 Å². The second-order valence-electron chi connectivity index (χ2n) is 7.19. The first-order chi connectivity index (χ1) is 16.2. The molecule has 0 radical (unpaired) electrons. The number of carbonyl (C=O) groups excluding carboxylic acids is 1. The van der Waals surface area contributed by atoms with Gasteiger partial charge in [0.25, 0.3) is 0 Å². The number of ether oxygens (including phenoxy) is 1. The van der Waals surface area contributed by atoms with Crippen molar-refractivity contribution in [2.75, 3.05) is 18.5 Å². The number of aromatic nitrogens is 4. The van der Waals surface area contributed by atoms with E-state index in [1.54, 1.807) is 19.3 Å². The van der Waals surface area contributed by atoms with Gasteiger partial charge in [0.1, 0.15) is 0 Å². The van der Waals surface area contributed by atoms with Gasteiger partial charge in [-0.2, -0.15) is 13.2 Å². The molecular weight excluding hydrogens is 491 g/mol. The maximum Gasteiger partial charge on any atom is 0.417 e. The zero-order valence-corrected chi connectivity index (χ0v) is 20.0. The number of benzene rings is 1. The molecule has 1 aromatic carbocycles. The fraction of sp³-hybridized carbons (Fsp3) is 0.364. The molecule has 0 unspecified atom stereocenters. The monoisotopic (exact) mass is 513 g/mol. The number of nitrogens with zero attached hydrogens (tertiary/aromatic N) is 4. The van der Waals surface area contributed by atoms with Crippen LogP contribution in [0, 0.1) is 0 Å². The van der Waals surface area contributed by atoms with E-state index in [1.807, 2.05) is 23.6 Å². The summed E-state index contributed by atoms with van der Waals surface area (Å²) in [5, 5.41) is 10.5. The summed E-state index contributed by atoms with van der Waals surface area (Å²) in [6.45, 7) is 5.29. The Hall–Kier alpha value is -2.63. The highest BCUT2D eigenvalue weighted by Crippen LogP contribution is 2.36. The number of hydrogen-bond acceptors (Lipinski definition) is 6. The standard InChI is InChI=1S/C22H23ClF3N5O2S/c1-3-33-12-4-11-31-19(15-7-9-27-10-8-15)29-30-21(31)34-14(2)20(32)28-16-5-6-18(23)17(13-16)22(24,25)26/h5-10,13-14H,3-4,11-12H2,1-2H3,(H,28,32)/t14-/m1/s1. The number of pyridine rings is 1. The van der Waals surface area contributed by atoms with Crippen LogP contribution in [0.2, 0.25) is 5.02 Å². The van der Waals surface area contributed by atoms with Gasteiger partial charge in [-0.1, -0.05) is 23.4 Å². The van der Waals surface area contributed by atoms with Crippen LogP contribution >= 0.6 is 23.4 Å². The van der Waals surface area contributed by atoms with Crippen molar-refractivity contribution in [2.24, 2.45) is 0 Å². The van der Waals surface area contributed by atoms with Crippen LogP contribution in [0.4, 0.5) is 18.9 Å². The average molecular weight is 514 g/mol. The first kappa shape index (κ1) is 26.0. The number of hydrogen-bond donors (Lipinski definition) is 1. The van der Waals surface area contributed by atoms with Gasteiger partial charge < -0.3 is 14.6 Å². The molecule has 1 amide bonds. The zero-order valence-electron chi connectivity index (χ0n) is 18.5. The molecule has 0 aliphatic carbocycles. The van der Waals surface area contributed by atoms with Crippen molar-refractivity contribution in [3.05, 3.63) is 53.3 Å². The van der Waals surface area contributed by atoms with Crippen LogP contribution in [0.1, 0.15) is 25.8 Å². The third-order valence-corrected chi connectivity index (χ3v) is 6.13. The fourth-order valence-corrected chi connectivity index (χ4v) is 4.14. The fourth-order valence-electron chi connectivity index (χ4n) is 3.04. The number of rotatable bonds is 10. The Balaban J connectivity index is 1.76. The Morgan fingerprint density at radius 3 is 2.65 bits per heavy atom. The van der Waals surface area contributed by atoms with E-state index in [-0.39, 0.29) is 5.69 Å². The summed E-state index contributed by atoms with van der Waals surface area (Å²) in [4.78, 5) is 16.7. The number of amides is 1. The van der Waals surface area contributed by atoms with Crippen LogP contribution in [-0.4, -0.2) is 44.1 Å². The van der Waals surface area contributed by atoms with Gasteiger partial charge in [0.2, 0.25) is 5.91 Å². The van der Waals surface area contributed by atoms with Crippen molar-refractivity contribution in [2.45, 2.75) is 43.4 Å². The quantitative estimate of drug-likeness (QED) is 0.282. The van der Waals surface area contributed by atoms with Gasteiger partial charge in [0.15, 0.2) is 11.0 Å². The highest BCUT2D eigenvalue weighted by Gasteiger charge is 2.33. The second-order valence-corrected chi connectivity index (χ2v) is 8.90. The van der Waals surface area contributed by atoms with E-state index in [1.165, 1.54) is 6.07 Å².